The van der Waals surface area contributed by atoms with E-state index >= 15 is 0 Å². The van der Waals surface area contributed by atoms with Crippen molar-refractivity contribution < 1.29 is 0 Å². The van der Waals surface area contributed by atoms with E-state index in [1.54, 1.807) is 16.8 Å². The van der Waals surface area contributed by atoms with E-state index in [2.05, 4.69) is 376 Å². The normalized spacial score (nSPS) is 21.4. The standard InChI is InChI=1S/C111H88N4/c1-64(68-33-47-90-91-52-42-77(63-105(91)112(6)104(90)60-68)113-100-29-17-15-27-88(100)89-28-16-18-30-101(89)113)94-57-73-22-10-11-23-78(73)95-56-70(35-44-83(94)95)69-34-43-80-74(55-69)39-54-103-107(80)93-49-32-67-21-9-14-26-82(67)109(93)115(103)76-41-51-87-85-46-37-72(59-97(85)111(4,5)99(87)62-76)71-36-45-84-86-50-40-75(61-98(86)110(2,3)96(84)58-71)114-102-53-38-65-19-7-12-24-79(65)106(102)92-48-31-66-20-8-13-25-81(66)108(92)114/h7-12,14-24,26-37,39-52,54-56,58-64,66,81,91,94,102,105-106H,13,25,38,53,57H2,1-6H3. The van der Waals surface area contributed by atoms with Crippen molar-refractivity contribution in [3.05, 3.63) is 382 Å². The molecule has 0 saturated heterocycles. The van der Waals surface area contributed by atoms with Gasteiger partial charge in [0.15, 0.2) is 0 Å². The minimum Gasteiger partial charge on any atom is -0.367 e. The monoisotopic (exact) mass is 1480 g/mol. The quantitative estimate of drug-likeness (QED) is 0.148. The van der Waals surface area contributed by atoms with Crippen LogP contribution in [0, 0.1) is 11.8 Å². The summed E-state index contributed by atoms with van der Waals surface area (Å²) in [6, 6.07) is 107. The number of aromatic nitrogens is 2. The maximum absolute atomic E-state index is 2.86. The van der Waals surface area contributed by atoms with Crippen molar-refractivity contribution in [2.75, 3.05) is 16.8 Å². The van der Waals surface area contributed by atoms with Gasteiger partial charge >= 0.3 is 0 Å². The molecule has 9 aliphatic rings. The molecule has 552 valence electrons. The van der Waals surface area contributed by atoms with Gasteiger partial charge in [0.1, 0.15) is 0 Å². The molecule has 0 N–H and O–H groups in total. The predicted octanol–water partition coefficient (Wildman–Crippen LogP) is 27.6. The van der Waals surface area contributed by atoms with Gasteiger partial charge in [0.25, 0.3) is 0 Å². The Balaban J connectivity index is 0.522. The molecule has 8 unspecified atom stereocenters. The lowest BCUT2D eigenvalue weighted by Gasteiger charge is -2.40. The van der Waals surface area contributed by atoms with Crippen LogP contribution in [-0.4, -0.2) is 28.3 Å². The molecule has 2 aliphatic heterocycles. The topological polar surface area (TPSA) is 16.3 Å². The van der Waals surface area contributed by atoms with Crippen molar-refractivity contribution in [3.63, 3.8) is 0 Å². The smallest absolute Gasteiger partial charge is 0.0619 e. The summed E-state index contributed by atoms with van der Waals surface area (Å²) in [5, 5.41) is 10.2. The average molecular weight is 1480 g/mol. The number of rotatable bonds is 7. The molecule has 4 heterocycles. The van der Waals surface area contributed by atoms with Crippen LogP contribution in [-0.2, 0) is 23.7 Å². The number of para-hydroxylation sites is 2. The maximum atomic E-state index is 2.86. The SMILES string of the molecule is CC(c1ccc2c(c1)N(C)C1C=C(n3c4ccccc4c4ccccc43)C=CC21)C1Cc2ccccc2-c2cc(-c3ccc4c(ccc5c4c4ccc6ccccc6c4n5-c4ccc5c(c4)C(C)(C)c4cc(-c6ccc7c(c6)C(C)(C)c6cc(N8C9=C(C=CC%10C=CCCC9%10)C9c%10ccccc%10CCC98)ccc6-7)ccc4-5)c3)ccc21. The summed E-state index contributed by atoms with van der Waals surface area (Å²) >= 11 is 0. The van der Waals surface area contributed by atoms with Gasteiger partial charge in [-0.25, -0.2) is 0 Å². The van der Waals surface area contributed by atoms with Crippen LogP contribution in [0.2, 0.25) is 0 Å². The van der Waals surface area contributed by atoms with Crippen LogP contribution in [0.25, 0.3) is 132 Å². The fraction of sp³-hybridized carbons (Fsp3) is 0.189. The van der Waals surface area contributed by atoms with E-state index in [0.717, 1.165) is 19.3 Å². The number of allylic oxidation sites excluding steroid dienone is 7. The Bertz CT molecular complexity index is 7130. The second-order valence-corrected chi connectivity index (χ2v) is 36.0. The second-order valence-electron chi connectivity index (χ2n) is 36.0. The highest BCUT2D eigenvalue weighted by Gasteiger charge is 2.50. The lowest BCUT2D eigenvalue weighted by molar-refractivity contribution is 0.446. The van der Waals surface area contributed by atoms with Gasteiger partial charge in [0.05, 0.1) is 28.1 Å². The molecule has 0 bridgehead atoms. The number of likely N-dealkylation sites (N-methyl/N-ethyl adjacent to an activating group) is 1. The van der Waals surface area contributed by atoms with Gasteiger partial charge in [-0.1, -0.05) is 265 Å². The molecule has 115 heavy (non-hydrogen) atoms. The van der Waals surface area contributed by atoms with Crippen molar-refractivity contribution in [2.24, 2.45) is 11.8 Å². The molecule has 4 heteroatoms. The number of aryl methyl sites for hydroxylation is 1. The predicted molar refractivity (Wildman–Crippen MR) is 482 cm³/mol. The maximum Gasteiger partial charge on any atom is 0.0619 e. The summed E-state index contributed by atoms with van der Waals surface area (Å²) in [7, 11) is 2.31. The Morgan fingerprint density at radius 1 is 0.435 bits per heavy atom. The molecule has 25 rings (SSSR count). The first kappa shape index (κ1) is 66.0. The fourth-order valence-electron chi connectivity index (χ4n) is 24.0. The summed E-state index contributed by atoms with van der Waals surface area (Å²) in [5.41, 5.74) is 40.4. The molecule has 8 atom stereocenters. The third-order valence-corrected chi connectivity index (χ3v) is 29.8. The first-order chi connectivity index (χ1) is 56.4. The average Bonchev–Trinajstić information content (AvgIpc) is 1.55. The Kier molecular flexibility index (Phi) is 13.8. The van der Waals surface area contributed by atoms with Crippen molar-refractivity contribution >= 4 is 82.2 Å². The van der Waals surface area contributed by atoms with Crippen LogP contribution in [0.5, 0.6) is 0 Å². The van der Waals surface area contributed by atoms with Gasteiger partial charge in [-0.05, 0) is 262 Å². The third-order valence-electron chi connectivity index (χ3n) is 29.8. The Hall–Kier alpha value is -12.5. The minimum absolute atomic E-state index is 0.184. The van der Waals surface area contributed by atoms with E-state index in [4.69, 9.17) is 0 Å². The molecule has 0 spiro atoms. The molecule has 4 nitrogen and oxygen atoms in total. The van der Waals surface area contributed by atoms with Crippen LogP contribution < -0.4 is 9.80 Å². The van der Waals surface area contributed by atoms with E-state index in [1.807, 2.05) is 0 Å². The zero-order chi connectivity index (χ0) is 76.2. The number of nitrogens with zero attached hydrogens (tertiary/aromatic N) is 4. The lowest BCUT2D eigenvalue weighted by atomic mass is 9.71. The first-order valence-electron chi connectivity index (χ1n) is 42.3. The molecule has 7 aliphatic carbocycles. The van der Waals surface area contributed by atoms with Crippen LogP contribution >= 0.6 is 0 Å². The number of benzene rings is 14. The number of hydrogen-bond acceptors (Lipinski definition) is 2. The Labute approximate surface area is 672 Å². The largest absolute Gasteiger partial charge is 0.367 e. The number of fused-ring (bicyclic) bond motifs is 28. The van der Waals surface area contributed by atoms with E-state index in [9.17, 15) is 0 Å². The van der Waals surface area contributed by atoms with Crippen molar-refractivity contribution in [1.82, 2.24) is 9.13 Å². The molecule has 16 aromatic rings. The summed E-state index contributed by atoms with van der Waals surface area (Å²) < 4.78 is 5.05. The van der Waals surface area contributed by atoms with E-state index in [0.29, 0.717) is 35.6 Å². The van der Waals surface area contributed by atoms with Gasteiger partial charge in [0, 0.05) is 103 Å². The third kappa shape index (κ3) is 9.26. The Morgan fingerprint density at radius 2 is 1.06 bits per heavy atom. The van der Waals surface area contributed by atoms with E-state index < -0.39 is 0 Å². The minimum atomic E-state index is -0.259. The first-order valence-corrected chi connectivity index (χ1v) is 42.3. The zero-order valence-electron chi connectivity index (χ0n) is 66.0. The Morgan fingerprint density at radius 3 is 1.84 bits per heavy atom. The summed E-state index contributed by atoms with van der Waals surface area (Å²) in [4.78, 5) is 5.40. The lowest BCUT2D eigenvalue weighted by Crippen LogP contribution is -2.39. The van der Waals surface area contributed by atoms with Gasteiger partial charge in [0.2, 0.25) is 0 Å². The molecule has 2 aromatic heterocycles. The molecule has 0 fully saturated rings. The highest BCUT2D eigenvalue weighted by Crippen LogP contribution is 2.60. The molecular weight excluding hydrogens is 1390 g/mol. The van der Waals surface area contributed by atoms with E-state index in [-0.39, 0.29) is 22.8 Å². The van der Waals surface area contributed by atoms with Gasteiger partial charge < -0.3 is 18.9 Å². The molecule has 0 saturated carbocycles. The summed E-state index contributed by atoms with van der Waals surface area (Å²) in [5.74, 6) is 2.27. The second kappa shape index (κ2) is 24.0. The van der Waals surface area contributed by atoms with Crippen molar-refractivity contribution in [3.8, 4) is 61.3 Å². The summed E-state index contributed by atoms with van der Waals surface area (Å²) in [6.07, 6.45) is 23.0. The van der Waals surface area contributed by atoms with Crippen LogP contribution in [0.3, 0.4) is 0 Å². The zero-order valence-corrected chi connectivity index (χ0v) is 66.0. The highest BCUT2D eigenvalue weighted by molar-refractivity contribution is 6.26. The van der Waals surface area contributed by atoms with Crippen LogP contribution in [0.1, 0.15) is 133 Å². The number of hydrogen-bond donors (Lipinski definition) is 0. The molecular formula is C111H88N4. The molecule has 0 amide bonds. The van der Waals surface area contributed by atoms with Crippen molar-refractivity contribution in [1.29, 1.82) is 0 Å². The van der Waals surface area contributed by atoms with Crippen molar-refractivity contribution in [2.45, 2.75) is 113 Å². The van der Waals surface area contributed by atoms with Gasteiger partial charge in [-0.3, -0.25) is 0 Å². The van der Waals surface area contributed by atoms with Crippen LogP contribution in [0.4, 0.5) is 11.4 Å². The fourth-order valence-corrected chi connectivity index (χ4v) is 24.0. The number of anilines is 2. The highest BCUT2D eigenvalue weighted by atomic mass is 15.2. The molecule has 14 aromatic carbocycles. The van der Waals surface area contributed by atoms with E-state index in [1.165, 1.54) is 206 Å². The van der Waals surface area contributed by atoms with Gasteiger partial charge in [-0.15, -0.1) is 0 Å². The van der Waals surface area contributed by atoms with Crippen LogP contribution in [0.15, 0.2) is 327 Å². The van der Waals surface area contributed by atoms with Gasteiger partial charge in [-0.2, -0.15) is 0 Å². The molecule has 0 radical (unpaired) electrons. The summed E-state index contributed by atoms with van der Waals surface area (Å²) in [6.45, 7) is 12.3.